The van der Waals surface area contributed by atoms with Crippen molar-refractivity contribution in [2.45, 2.75) is 68.4 Å². The van der Waals surface area contributed by atoms with E-state index < -0.39 is 42.0 Å². The molecule has 2 aromatic rings. The Labute approximate surface area is 248 Å². The molecule has 0 aromatic heterocycles. The topological polar surface area (TPSA) is 183 Å². The molecule has 0 radical (unpaired) electrons. The van der Waals surface area contributed by atoms with Crippen LogP contribution in [0, 0.1) is 5.82 Å². The third-order valence-electron chi connectivity index (χ3n) is 7.72. The third kappa shape index (κ3) is 8.63. The highest BCUT2D eigenvalue weighted by atomic mass is 19.1. The van der Waals surface area contributed by atoms with Crippen LogP contribution in [0.25, 0.3) is 0 Å². The van der Waals surface area contributed by atoms with Gasteiger partial charge in [-0.2, -0.15) is 0 Å². The Morgan fingerprint density at radius 1 is 0.953 bits per heavy atom. The number of aliphatic hydroxyl groups is 2. The predicted octanol–water partition coefficient (Wildman–Crippen LogP) is 2.63. The van der Waals surface area contributed by atoms with Crippen LogP contribution in [0.4, 0.5) is 4.39 Å². The molecule has 0 saturated carbocycles. The van der Waals surface area contributed by atoms with E-state index >= 15 is 0 Å². The Morgan fingerprint density at radius 3 is 2.07 bits per heavy atom. The molecule has 5 N–H and O–H groups in total. The van der Waals surface area contributed by atoms with Crippen LogP contribution in [-0.4, -0.2) is 93.5 Å². The Bertz CT molecular complexity index is 1260. The van der Waals surface area contributed by atoms with Crippen molar-refractivity contribution in [1.82, 2.24) is 4.90 Å². The molecule has 2 aliphatic rings. The molecule has 2 atom stereocenters. The number of hydrogen-bond donors (Lipinski definition) is 5. The second kappa shape index (κ2) is 14.6. The van der Waals surface area contributed by atoms with Gasteiger partial charge in [-0.1, -0.05) is 24.3 Å². The minimum atomic E-state index is -2.74. The first-order chi connectivity index (χ1) is 20.3. The Balaban J connectivity index is 0.000000331. The highest BCUT2D eigenvalue weighted by Crippen LogP contribution is 2.47. The molecule has 2 aliphatic heterocycles. The van der Waals surface area contributed by atoms with Crippen molar-refractivity contribution in [3.8, 4) is 11.5 Å². The summed E-state index contributed by atoms with van der Waals surface area (Å²) in [5.74, 6) is -3.93. The normalized spacial score (nSPS) is 21.4. The van der Waals surface area contributed by atoms with Gasteiger partial charge in [0.25, 0.3) is 0 Å². The standard InChI is InChI=1S/C24H30FNO4.C6H8O7/c1-28-11-12-30-23-13-17(7-10-22(23)29-2)16-26-18-8-9-19(26)15-24(27,14-18)20-5-3-4-6-21(20)25;7-3(8)1-6(13,5(11)12)2-4(9)10/h3-7,10,13,18-19,27H,8-9,11-12,14-16H2,1-2H3;13H,1-2H2,(H,7,8)(H,9,10)(H,11,12). The molecule has 0 amide bonds. The van der Waals surface area contributed by atoms with Gasteiger partial charge in [-0.25, -0.2) is 9.18 Å². The van der Waals surface area contributed by atoms with Gasteiger partial charge in [-0.3, -0.25) is 14.5 Å². The first kappa shape index (κ1) is 33.7. The van der Waals surface area contributed by atoms with E-state index in [-0.39, 0.29) is 17.9 Å². The van der Waals surface area contributed by atoms with E-state index in [1.165, 1.54) is 6.07 Å². The highest BCUT2D eigenvalue weighted by molar-refractivity contribution is 5.88. The Morgan fingerprint density at radius 2 is 1.56 bits per heavy atom. The lowest BCUT2D eigenvalue weighted by Crippen LogP contribution is -2.49. The van der Waals surface area contributed by atoms with Crippen molar-refractivity contribution in [3.05, 3.63) is 59.4 Å². The lowest BCUT2D eigenvalue weighted by Gasteiger charge is -2.44. The molecule has 43 heavy (non-hydrogen) atoms. The summed E-state index contributed by atoms with van der Waals surface area (Å²) in [4.78, 5) is 32.9. The number of hydrogen-bond acceptors (Lipinski definition) is 9. The molecule has 4 rings (SSSR count). The highest BCUT2D eigenvalue weighted by Gasteiger charge is 2.49. The summed E-state index contributed by atoms with van der Waals surface area (Å²) in [6, 6.07) is 13.1. The summed E-state index contributed by atoms with van der Waals surface area (Å²) in [5.41, 5.74) is -2.27. The van der Waals surface area contributed by atoms with E-state index in [1.54, 1.807) is 32.4 Å². The molecule has 2 fully saturated rings. The summed E-state index contributed by atoms with van der Waals surface area (Å²) in [5, 5.41) is 45.1. The Kier molecular flexibility index (Phi) is 11.4. The fraction of sp³-hybridized carbons (Fsp3) is 0.500. The number of benzene rings is 2. The van der Waals surface area contributed by atoms with E-state index in [0.717, 1.165) is 24.9 Å². The minimum absolute atomic E-state index is 0.230. The van der Waals surface area contributed by atoms with Crippen LogP contribution in [0.2, 0.25) is 0 Å². The number of carboxylic acid groups (broad SMARTS) is 3. The second-order valence-corrected chi connectivity index (χ2v) is 10.8. The maximum Gasteiger partial charge on any atom is 0.336 e. The molecule has 13 heteroatoms. The van der Waals surface area contributed by atoms with Crippen LogP contribution >= 0.6 is 0 Å². The molecule has 2 bridgehead atoms. The van der Waals surface area contributed by atoms with Crippen LogP contribution in [0.5, 0.6) is 11.5 Å². The van der Waals surface area contributed by atoms with Crippen molar-refractivity contribution in [1.29, 1.82) is 0 Å². The van der Waals surface area contributed by atoms with E-state index in [4.69, 9.17) is 34.6 Å². The van der Waals surface area contributed by atoms with E-state index in [9.17, 15) is 23.9 Å². The molecule has 12 nitrogen and oxygen atoms in total. The zero-order valence-corrected chi connectivity index (χ0v) is 24.1. The zero-order valence-electron chi connectivity index (χ0n) is 24.1. The number of piperidine rings is 1. The maximum atomic E-state index is 14.4. The monoisotopic (exact) mass is 607 g/mol. The van der Waals surface area contributed by atoms with Crippen molar-refractivity contribution in [2.75, 3.05) is 27.4 Å². The van der Waals surface area contributed by atoms with Crippen LogP contribution in [0.15, 0.2) is 42.5 Å². The van der Waals surface area contributed by atoms with Crippen LogP contribution in [0.1, 0.15) is 49.7 Å². The number of carbonyl (C=O) groups is 3. The van der Waals surface area contributed by atoms with E-state index in [0.29, 0.717) is 43.1 Å². The molecule has 0 aliphatic carbocycles. The summed E-state index contributed by atoms with van der Waals surface area (Å²) >= 11 is 0. The number of aliphatic carboxylic acids is 3. The average molecular weight is 608 g/mol. The number of rotatable bonds is 13. The van der Waals surface area contributed by atoms with Gasteiger partial charge in [0.1, 0.15) is 12.4 Å². The first-order valence-electron chi connectivity index (χ1n) is 13.7. The quantitative estimate of drug-likeness (QED) is 0.210. The van der Waals surface area contributed by atoms with E-state index in [1.807, 2.05) is 12.1 Å². The number of ether oxygens (including phenoxy) is 3. The number of halogens is 1. The largest absolute Gasteiger partial charge is 0.493 e. The average Bonchev–Trinajstić information content (AvgIpc) is 3.17. The minimum Gasteiger partial charge on any atom is -0.493 e. The molecule has 236 valence electrons. The number of nitrogens with zero attached hydrogens (tertiary/aromatic N) is 1. The third-order valence-corrected chi connectivity index (χ3v) is 7.72. The fourth-order valence-electron chi connectivity index (χ4n) is 5.72. The summed E-state index contributed by atoms with van der Waals surface area (Å²) < 4.78 is 30.7. The van der Waals surface area contributed by atoms with Gasteiger partial charge in [0, 0.05) is 31.3 Å². The second-order valence-electron chi connectivity index (χ2n) is 10.8. The molecule has 2 heterocycles. The molecule has 2 saturated heterocycles. The van der Waals surface area contributed by atoms with Gasteiger partial charge in [0.2, 0.25) is 0 Å². The van der Waals surface area contributed by atoms with Crippen LogP contribution in [-0.2, 0) is 31.3 Å². The SMILES string of the molecule is COCCOc1cc(CN2C3CCC2CC(O)(c2ccccc2F)C3)ccc1OC.O=C(O)CC(O)(CC(=O)O)C(=O)O. The van der Waals surface area contributed by atoms with Gasteiger partial charge >= 0.3 is 17.9 Å². The van der Waals surface area contributed by atoms with Crippen molar-refractivity contribution in [2.24, 2.45) is 0 Å². The molecule has 2 unspecified atom stereocenters. The summed E-state index contributed by atoms with van der Waals surface area (Å²) in [7, 11) is 3.28. The van der Waals surface area contributed by atoms with Gasteiger partial charge < -0.3 is 39.7 Å². The zero-order chi connectivity index (χ0) is 31.8. The van der Waals surface area contributed by atoms with Crippen molar-refractivity contribution in [3.63, 3.8) is 0 Å². The fourth-order valence-corrected chi connectivity index (χ4v) is 5.72. The first-order valence-corrected chi connectivity index (χ1v) is 13.7. The molecule has 2 aromatic carbocycles. The van der Waals surface area contributed by atoms with Gasteiger partial charge in [-0.15, -0.1) is 0 Å². The Hall–Kier alpha value is -3.78. The van der Waals surface area contributed by atoms with Crippen molar-refractivity contribution < 1.29 is 58.5 Å². The predicted molar refractivity (Wildman–Crippen MR) is 149 cm³/mol. The molecular formula is C30H38FNO11. The van der Waals surface area contributed by atoms with Gasteiger partial charge in [0.05, 0.1) is 32.2 Å². The number of carboxylic acids is 3. The van der Waals surface area contributed by atoms with Crippen molar-refractivity contribution >= 4 is 17.9 Å². The molecule has 0 spiro atoms. The maximum absolute atomic E-state index is 14.4. The summed E-state index contributed by atoms with van der Waals surface area (Å²) in [6.07, 6.45) is 0.863. The van der Waals surface area contributed by atoms with Gasteiger partial charge in [0.15, 0.2) is 17.1 Å². The van der Waals surface area contributed by atoms with Crippen LogP contribution in [0.3, 0.4) is 0 Å². The lowest BCUT2D eigenvalue weighted by atomic mass is 9.80. The number of methoxy groups -OCH3 is 2. The number of fused-ring (bicyclic) bond motifs is 2. The van der Waals surface area contributed by atoms with E-state index in [2.05, 4.69) is 11.0 Å². The van der Waals surface area contributed by atoms with Gasteiger partial charge in [-0.05, 0) is 49.4 Å². The smallest absolute Gasteiger partial charge is 0.336 e. The lowest BCUT2D eigenvalue weighted by molar-refractivity contribution is -0.170. The van der Waals surface area contributed by atoms with Crippen LogP contribution < -0.4 is 9.47 Å². The molecular weight excluding hydrogens is 569 g/mol. The summed E-state index contributed by atoms with van der Waals surface area (Å²) in [6.45, 7) is 1.74.